The Balaban J connectivity index is 2.19. The SMILES string of the molecule is CCc1ccc(C(=O)N2C[C@@H](O)C[C@H]2C(=O)O)o1. The van der Waals surface area contributed by atoms with Crippen LogP contribution in [-0.4, -0.2) is 45.7 Å². The van der Waals surface area contributed by atoms with Gasteiger partial charge < -0.3 is 19.5 Å². The van der Waals surface area contributed by atoms with Crippen molar-refractivity contribution in [3.8, 4) is 0 Å². The zero-order valence-corrected chi connectivity index (χ0v) is 10.00. The van der Waals surface area contributed by atoms with Crippen LogP contribution in [0.2, 0.25) is 0 Å². The van der Waals surface area contributed by atoms with Gasteiger partial charge in [-0.3, -0.25) is 4.79 Å². The van der Waals surface area contributed by atoms with Crippen LogP contribution in [0.5, 0.6) is 0 Å². The fraction of sp³-hybridized carbons (Fsp3) is 0.500. The van der Waals surface area contributed by atoms with Gasteiger partial charge in [0, 0.05) is 19.4 Å². The van der Waals surface area contributed by atoms with Crippen LogP contribution < -0.4 is 0 Å². The Kier molecular flexibility index (Phi) is 3.38. The summed E-state index contributed by atoms with van der Waals surface area (Å²) in [6.07, 6.45) is -0.0728. The van der Waals surface area contributed by atoms with Gasteiger partial charge in [-0.25, -0.2) is 4.79 Å². The summed E-state index contributed by atoms with van der Waals surface area (Å²) in [4.78, 5) is 24.3. The lowest BCUT2D eigenvalue weighted by molar-refractivity contribution is -0.141. The molecule has 0 aromatic carbocycles. The number of aliphatic hydroxyl groups is 1. The van der Waals surface area contributed by atoms with Gasteiger partial charge in [0.1, 0.15) is 11.8 Å². The molecule has 0 bridgehead atoms. The minimum Gasteiger partial charge on any atom is -0.480 e. The van der Waals surface area contributed by atoms with E-state index in [1.165, 1.54) is 6.07 Å². The maximum atomic E-state index is 12.1. The number of β-amino-alcohol motifs (C(OH)–C–C–N with tert-alkyl or cyclic N) is 1. The van der Waals surface area contributed by atoms with E-state index in [4.69, 9.17) is 9.52 Å². The largest absolute Gasteiger partial charge is 0.480 e. The standard InChI is InChI=1S/C12H15NO5/c1-2-8-3-4-10(18-8)11(15)13-6-7(14)5-9(13)12(16)17/h3-4,7,9,14H,2,5-6H2,1H3,(H,16,17)/t7-,9-/m0/s1. The molecule has 1 aromatic rings. The number of rotatable bonds is 3. The van der Waals surface area contributed by atoms with Crippen molar-refractivity contribution < 1.29 is 24.2 Å². The summed E-state index contributed by atoms with van der Waals surface area (Å²) in [6, 6.07) is 2.24. The van der Waals surface area contributed by atoms with E-state index in [9.17, 15) is 14.7 Å². The second-order valence-corrected chi connectivity index (χ2v) is 4.32. The number of nitrogens with zero attached hydrogens (tertiary/aromatic N) is 1. The van der Waals surface area contributed by atoms with E-state index in [0.717, 1.165) is 4.90 Å². The van der Waals surface area contributed by atoms with E-state index >= 15 is 0 Å². The number of hydrogen-bond donors (Lipinski definition) is 2. The van der Waals surface area contributed by atoms with Crippen LogP contribution in [0.25, 0.3) is 0 Å². The number of furan rings is 1. The van der Waals surface area contributed by atoms with Crippen LogP contribution in [0.4, 0.5) is 0 Å². The minimum absolute atomic E-state index is 0.0258. The molecule has 2 rings (SSSR count). The number of hydrogen-bond acceptors (Lipinski definition) is 4. The van der Waals surface area contributed by atoms with E-state index in [1.807, 2.05) is 6.92 Å². The van der Waals surface area contributed by atoms with Crippen molar-refractivity contribution >= 4 is 11.9 Å². The second kappa shape index (κ2) is 4.81. The molecule has 98 valence electrons. The molecule has 1 fully saturated rings. The van der Waals surface area contributed by atoms with E-state index in [0.29, 0.717) is 12.2 Å². The van der Waals surface area contributed by atoms with Gasteiger partial charge >= 0.3 is 5.97 Å². The zero-order valence-electron chi connectivity index (χ0n) is 10.00. The molecule has 1 aromatic heterocycles. The summed E-state index contributed by atoms with van der Waals surface area (Å²) in [6.45, 7) is 1.92. The number of carboxylic acid groups (broad SMARTS) is 1. The first-order valence-electron chi connectivity index (χ1n) is 5.83. The summed E-state index contributed by atoms with van der Waals surface area (Å²) in [7, 11) is 0. The fourth-order valence-corrected chi connectivity index (χ4v) is 2.10. The van der Waals surface area contributed by atoms with Gasteiger partial charge in [0.15, 0.2) is 5.76 Å². The molecule has 1 amide bonds. The lowest BCUT2D eigenvalue weighted by Gasteiger charge is -2.19. The van der Waals surface area contributed by atoms with Gasteiger partial charge in [-0.15, -0.1) is 0 Å². The molecular formula is C12H15NO5. The van der Waals surface area contributed by atoms with Crippen molar-refractivity contribution in [3.63, 3.8) is 0 Å². The van der Waals surface area contributed by atoms with Crippen LogP contribution in [0.3, 0.4) is 0 Å². The third kappa shape index (κ3) is 2.24. The highest BCUT2D eigenvalue weighted by Gasteiger charge is 2.40. The van der Waals surface area contributed by atoms with E-state index in [-0.39, 0.29) is 18.7 Å². The van der Waals surface area contributed by atoms with Crippen LogP contribution in [0.1, 0.15) is 29.7 Å². The Morgan fingerprint density at radius 2 is 2.22 bits per heavy atom. The van der Waals surface area contributed by atoms with Crippen molar-refractivity contribution in [2.75, 3.05) is 6.54 Å². The number of likely N-dealkylation sites (tertiary alicyclic amines) is 1. The van der Waals surface area contributed by atoms with Gasteiger partial charge in [-0.05, 0) is 12.1 Å². The molecule has 0 aliphatic carbocycles. The van der Waals surface area contributed by atoms with Gasteiger partial charge in [-0.1, -0.05) is 6.92 Å². The predicted octanol–water partition coefficient (Wildman–Crippen LogP) is 0.502. The molecule has 2 N–H and O–H groups in total. The molecule has 6 nitrogen and oxygen atoms in total. The first kappa shape index (κ1) is 12.6. The topological polar surface area (TPSA) is 91.0 Å². The Hall–Kier alpha value is -1.82. The maximum absolute atomic E-state index is 12.1. The third-order valence-corrected chi connectivity index (χ3v) is 3.05. The van der Waals surface area contributed by atoms with Gasteiger partial charge in [-0.2, -0.15) is 0 Å². The summed E-state index contributed by atoms with van der Waals surface area (Å²) in [5.74, 6) is -0.807. The molecule has 6 heteroatoms. The lowest BCUT2D eigenvalue weighted by Crippen LogP contribution is -2.40. The number of aliphatic carboxylic acids is 1. The van der Waals surface area contributed by atoms with Gasteiger partial charge in [0.05, 0.1) is 6.10 Å². The van der Waals surface area contributed by atoms with Gasteiger partial charge in [0.2, 0.25) is 0 Å². The molecular weight excluding hydrogens is 238 g/mol. The summed E-state index contributed by atoms with van der Waals surface area (Å²) in [5.41, 5.74) is 0. The van der Waals surface area contributed by atoms with Crippen molar-refractivity contribution in [2.45, 2.75) is 31.9 Å². The smallest absolute Gasteiger partial charge is 0.326 e. The van der Waals surface area contributed by atoms with Crippen molar-refractivity contribution in [1.29, 1.82) is 0 Å². The average molecular weight is 253 g/mol. The number of carbonyl (C=O) groups is 2. The van der Waals surface area contributed by atoms with Crippen LogP contribution in [-0.2, 0) is 11.2 Å². The van der Waals surface area contributed by atoms with Crippen LogP contribution in [0, 0.1) is 0 Å². The number of carboxylic acids is 1. The summed E-state index contributed by atoms with van der Waals surface area (Å²) < 4.78 is 5.30. The molecule has 1 aliphatic rings. The van der Waals surface area contributed by atoms with Crippen molar-refractivity contribution in [2.24, 2.45) is 0 Å². The molecule has 0 radical (unpaired) electrons. The van der Waals surface area contributed by atoms with E-state index < -0.39 is 24.0 Å². The molecule has 18 heavy (non-hydrogen) atoms. The molecule has 1 saturated heterocycles. The minimum atomic E-state index is -1.11. The number of amides is 1. The third-order valence-electron chi connectivity index (χ3n) is 3.05. The van der Waals surface area contributed by atoms with Gasteiger partial charge in [0.25, 0.3) is 5.91 Å². The van der Waals surface area contributed by atoms with Crippen molar-refractivity contribution in [1.82, 2.24) is 4.90 Å². The predicted molar refractivity (Wildman–Crippen MR) is 61.2 cm³/mol. The Bertz CT molecular complexity index is 467. The van der Waals surface area contributed by atoms with Crippen LogP contribution >= 0.6 is 0 Å². The highest BCUT2D eigenvalue weighted by atomic mass is 16.4. The zero-order chi connectivity index (χ0) is 13.3. The molecule has 0 unspecified atom stereocenters. The highest BCUT2D eigenvalue weighted by molar-refractivity contribution is 5.94. The van der Waals surface area contributed by atoms with E-state index in [2.05, 4.69) is 0 Å². The fourth-order valence-electron chi connectivity index (χ4n) is 2.10. The quantitative estimate of drug-likeness (QED) is 0.818. The molecule has 2 heterocycles. The normalized spacial score (nSPS) is 23.3. The second-order valence-electron chi connectivity index (χ2n) is 4.32. The molecule has 0 spiro atoms. The molecule has 1 aliphatic heterocycles. The van der Waals surface area contributed by atoms with Crippen molar-refractivity contribution in [3.05, 3.63) is 23.7 Å². The summed E-state index contributed by atoms with van der Waals surface area (Å²) in [5, 5.41) is 18.5. The Morgan fingerprint density at radius 3 is 2.78 bits per heavy atom. The number of carbonyl (C=O) groups excluding carboxylic acids is 1. The monoisotopic (exact) mass is 253 g/mol. The lowest BCUT2D eigenvalue weighted by atomic mass is 10.2. The summed E-state index contributed by atoms with van der Waals surface area (Å²) >= 11 is 0. The Morgan fingerprint density at radius 1 is 1.50 bits per heavy atom. The average Bonchev–Trinajstić information content (AvgIpc) is 2.94. The molecule has 0 saturated carbocycles. The first-order chi connectivity index (χ1) is 8.52. The first-order valence-corrected chi connectivity index (χ1v) is 5.83. The number of aryl methyl sites for hydroxylation is 1. The molecule has 2 atom stereocenters. The van der Waals surface area contributed by atoms with E-state index in [1.54, 1.807) is 6.07 Å². The highest BCUT2D eigenvalue weighted by Crippen LogP contribution is 2.22. The number of aliphatic hydroxyl groups excluding tert-OH is 1. The Labute approximate surface area is 104 Å². The van der Waals surface area contributed by atoms with Crippen LogP contribution in [0.15, 0.2) is 16.5 Å². The maximum Gasteiger partial charge on any atom is 0.326 e.